The lowest BCUT2D eigenvalue weighted by molar-refractivity contribution is -0.122. The number of imide groups is 2. The summed E-state index contributed by atoms with van der Waals surface area (Å²) in [6.45, 7) is 5.62. The van der Waals surface area contributed by atoms with Crippen LogP contribution in [-0.4, -0.2) is 23.9 Å². The van der Waals surface area contributed by atoms with Crippen molar-refractivity contribution in [2.45, 2.75) is 26.9 Å². The first-order valence-electron chi connectivity index (χ1n) is 8.81. The zero-order valence-corrected chi connectivity index (χ0v) is 19.1. The maximum atomic E-state index is 13.0. The molecule has 0 unspecified atom stereocenters. The summed E-state index contributed by atoms with van der Waals surface area (Å²) in [5.74, 6) is -0.753. The van der Waals surface area contributed by atoms with Crippen LogP contribution in [0.1, 0.15) is 25.0 Å². The van der Waals surface area contributed by atoms with E-state index in [1.165, 1.54) is 6.08 Å². The normalized spacial score (nSPS) is 15.9. The Morgan fingerprint density at radius 1 is 1.07 bits per heavy atom. The number of anilines is 1. The first-order chi connectivity index (χ1) is 13.7. The summed E-state index contributed by atoms with van der Waals surface area (Å²) < 4.78 is 7.19. The number of rotatable bonds is 4. The summed E-state index contributed by atoms with van der Waals surface area (Å²) in [4.78, 5) is 38.7. The third-order valence-electron chi connectivity index (χ3n) is 4.13. The molecule has 150 valence electrons. The summed E-state index contributed by atoms with van der Waals surface area (Å²) in [5, 5.41) is 2.23. The summed E-state index contributed by atoms with van der Waals surface area (Å²) in [7, 11) is 0. The van der Waals surface area contributed by atoms with E-state index in [1.807, 2.05) is 13.8 Å². The predicted molar refractivity (Wildman–Crippen MR) is 118 cm³/mol. The Balaban J connectivity index is 1.98. The molecule has 1 aliphatic rings. The van der Waals surface area contributed by atoms with E-state index in [9.17, 15) is 14.4 Å². The molecule has 2 aromatic carbocycles. The quantitative estimate of drug-likeness (QED) is 0.455. The van der Waals surface area contributed by atoms with Crippen LogP contribution in [0.3, 0.4) is 0 Å². The third kappa shape index (κ3) is 4.59. The van der Waals surface area contributed by atoms with E-state index in [0.29, 0.717) is 21.5 Å². The van der Waals surface area contributed by atoms with Gasteiger partial charge in [-0.15, -0.1) is 0 Å². The van der Waals surface area contributed by atoms with Gasteiger partial charge in [0.1, 0.15) is 11.3 Å². The molecule has 4 amide bonds. The van der Waals surface area contributed by atoms with E-state index in [0.717, 1.165) is 14.9 Å². The number of nitrogens with zero attached hydrogens (tertiary/aromatic N) is 1. The minimum atomic E-state index is -0.774. The lowest BCUT2D eigenvalue weighted by Gasteiger charge is -2.27. The van der Waals surface area contributed by atoms with Crippen molar-refractivity contribution in [1.82, 2.24) is 5.32 Å². The monoisotopic (exact) mass is 520 g/mol. The second kappa shape index (κ2) is 8.51. The van der Waals surface area contributed by atoms with Crippen LogP contribution in [-0.2, 0) is 9.59 Å². The Morgan fingerprint density at radius 3 is 2.41 bits per heavy atom. The van der Waals surface area contributed by atoms with Crippen molar-refractivity contribution in [2.75, 3.05) is 4.90 Å². The van der Waals surface area contributed by atoms with Crippen molar-refractivity contribution in [2.24, 2.45) is 0 Å². The maximum Gasteiger partial charge on any atom is 0.335 e. The first kappa shape index (κ1) is 21.3. The number of nitrogens with one attached hydrogen (secondary N) is 1. The van der Waals surface area contributed by atoms with Crippen molar-refractivity contribution in [3.8, 4) is 5.75 Å². The topological polar surface area (TPSA) is 75.7 Å². The molecular weight excluding hydrogens is 504 g/mol. The van der Waals surface area contributed by atoms with Gasteiger partial charge in [0, 0.05) is 4.47 Å². The van der Waals surface area contributed by atoms with Gasteiger partial charge in [-0.3, -0.25) is 14.9 Å². The van der Waals surface area contributed by atoms with Gasteiger partial charge in [-0.25, -0.2) is 9.69 Å². The Labute approximate surface area is 185 Å². The summed E-state index contributed by atoms with van der Waals surface area (Å²) >= 11 is 6.80. The average molecular weight is 522 g/mol. The summed E-state index contributed by atoms with van der Waals surface area (Å²) in [5.41, 5.74) is 1.62. The Hall–Kier alpha value is -2.45. The number of hydrogen-bond donors (Lipinski definition) is 1. The fourth-order valence-electron chi connectivity index (χ4n) is 2.87. The molecule has 1 fully saturated rings. The number of hydrogen-bond acceptors (Lipinski definition) is 4. The Morgan fingerprint density at radius 2 is 1.79 bits per heavy atom. The van der Waals surface area contributed by atoms with Crippen LogP contribution < -0.4 is 15.0 Å². The van der Waals surface area contributed by atoms with Gasteiger partial charge in [0.2, 0.25) is 0 Å². The van der Waals surface area contributed by atoms with E-state index in [4.69, 9.17) is 4.74 Å². The van der Waals surface area contributed by atoms with Gasteiger partial charge in [0.15, 0.2) is 0 Å². The lowest BCUT2D eigenvalue weighted by atomic mass is 10.1. The molecule has 0 aliphatic carbocycles. The number of urea groups is 1. The van der Waals surface area contributed by atoms with Gasteiger partial charge in [-0.05, 0) is 84.2 Å². The number of carbonyl (C=O) groups excluding carboxylic acids is 3. The molecule has 3 rings (SSSR count). The second-order valence-electron chi connectivity index (χ2n) is 6.75. The average Bonchev–Trinajstić information content (AvgIpc) is 2.62. The van der Waals surface area contributed by atoms with Crippen molar-refractivity contribution in [3.63, 3.8) is 0 Å². The highest BCUT2D eigenvalue weighted by Crippen LogP contribution is 2.30. The van der Waals surface area contributed by atoms with Crippen molar-refractivity contribution in [1.29, 1.82) is 0 Å². The molecule has 1 aliphatic heterocycles. The van der Waals surface area contributed by atoms with Crippen LogP contribution in [0.4, 0.5) is 10.5 Å². The molecule has 0 spiro atoms. The van der Waals surface area contributed by atoms with Crippen molar-refractivity contribution in [3.05, 3.63) is 62.0 Å². The molecule has 1 saturated heterocycles. The molecule has 1 heterocycles. The molecule has 2 aromatic rings. The van der Waals surface area contributed by atoms with Gasteiger partial charge in [0.25, 0.3) is 11.8 Å². The van der Waals surface area contributed by atoms with Crippen LogP contribution in [0.25, 0.3) is 6.08 Å². The number of amides is 4. The first-order valence-corrected chi connectivity index (χ1v) is 10.4. The third-order valence-corrected chi connectivity index (χ3v) is 5.24. The SMILES string of the molecule is Cc1cc(Br)ccc1N1C(=O)NC(=O)/C(=C/c2ccc(OC(C)C)c(Br)c2)C1=O. The highest BCUT2D eigenvalue weighted by atomic mass is 79.9. The summed E-state index contributed by atoms with van der Waals surface area (Å²) in [6, 6.07) is 9.64. The molecule has 0 radical (unpaired) electrons. The van der Waals surface area contributed by atoms with Gasteiger partial charge >= 0.3 is 6.03 Å². The molecule has 1 N–H and O–H groups in total. The fourth-order valence-corrected chi connectivity index (χ4v) is 3.83. The van der Waals surface area contributed by atoms with Crippen LogP contribution >= 0.6 is 31.9 Å². The largest absolute Gasteiger partial charge is 0.490 e. The highest BCUT2D eigenvalue weighted by Gasteiger charge is 2.37. The van der Waals surface area contributed by atoms with E-state index in [1.54, 1.807) is 43.3 Å². The number of halogens is 2. The maximum absolute atomic E-state index is 13.0. The van der Waals surface area contributed by atoms with Crippen LogP contribution in [0.15, 0.2) is 50.9 Å². The molecule has 8 heteroatoms. The van der Waals surface area contributed by atoms with Gasteiger partial charge < -0.3 is 4.74 Å². The number of carbonyl (C=O) groups is 3. The molecule has 0 atom stereocenters. The van der Waals surface area contributed by atoms with Crippen molar-refractivity contribution < 1.29 is 19.1 Å². The Kier molecular flexibility index (Phi) is 6.24. The minimum Gasteiger partial charge on any atom is -0.490 e. The van der Waals surface area contributed by atoms with E-state index in [2.05, 4.69) is 37.2 Å². The van der Waals surface area contributed by atoms with Crippen LogP contribution in [0, 0.1) is 6.92 Å². The Bertz CT molecular complexity index is 1050. The molecule has 6 nitrogen and oxygen atoms in total. The molecule has 29 heavy (non-hydrogen) atoms. The zero-order valence-electron chi connectivity index (χ0n) is 16.0. The number of ether oxygens (including phenoxy) is 1. The fraction of sp³-hybridized carbons (Fsp3) is 0.190. The van der Waals surface area contributed by atoms with Gasteiger partial charge in [0.05, 0.1) is 16.3 Å². The number of benzene rings is 2. The molecule has 0 aromatic heterocycles. The molecule has 0 saturated carbocycles. The number of aryl methyl sites for hydroxylation is 1. The van der Waals surface area contributed by atoms with Gasteiger partial charge in [-0.2, -0.15) is 0 Å². The smallest absolute Gasteiger partial charge is 0.335 e. The summed E-state index contributed by atoms with van der Waals surface area (Å²) in [6.07, 6.45) is 1.46. The van der Waals surface area contributed by atoms with Crippen LogP contribution in [0.5, 0.6) is 5.75 Å². The van der Waals surface area contributed by atoms with Crippen molar-refractivity contribution >= 4 is 61.5 Å². The highest BCUT2D eigenvalue weighted by molar-refractivity contribution is 9.10. The molecular formula is C21H18Br2N2O4. The van der Waals surface area contributed by atoms with E-state index < -0.39 is 17.8 Å². The number of barbiturate groups is 1. The molecule has 0 bridgehead atoms. The minimum absolute atomic E-state index is 0.00919. The van der Waals surface area contributed by atoms with Gasteiger partial charge in [-0.1, -0.05) is 22.0 Å². The van der Waals surface area contributed by atoms with E-state index >= 15 is 0 Å². The zero-order chi connectivity index (χ0) is 21.3. The second-order valence-corrected chi connectivity index (χ2v) is 8.52. The predicted octanol–water partition coefficient (Wildman–Crippen LogP) is 4.97. The van der Waals surface area contributed by atoms with E-state index in [-0.39, 0.29) is 11.7 Å². The standard InChI is InChI=1S/C21H18Br2N2O4/c1-11(2)29-18-7-4-13(10-16(18)23)9-15-19(26)24-21(28)25(20(15)27)17-6-5-14(22)8-12(17)3/h4-11H,1-3H3,(H,24,26,28)/b15-9-. The van der Waals surface area contributed by atoms with Crippen LogP contribution in [0.2, 0.25) is 0 Å². The lowest BCUT2D eigenvalue weighted by Crippen LogP contribution is -2.54.